The van der Waals surface area contributed by atoms with Gasteiger partial charge in [-0.1, -0.05) is 23.7 Å². The van der Waals surface area contributed by atoms with Crippen molar-refractivity contribution in [3.8, 4) is 0 Å². The van der Waals surface area contributed by atoms with Crippen LogP contribution in [0.15, 0.2) is 52.3 Å². The summed E-state index contributed by atoms with van der Waals surface area (Å²) in [5.74, 6) is -0.0597. The maximum absolute atomic E-state index is 12.5. The molecular formula is C14H10ClNO2S. The third-order valence-corrected chi connectivity index (χ3v) is 4.65. The van der Waals surface area contributed by atoms with E-state index >= 15 is 0 Å². The summed E-state index contributed by atoms with van der Waals surface area (Å²) in [5, 5.41) is 3.37. The summed E-state index contributed by atoms with van der Waals surface area (Å²) in [6.45, 7) is 0. The van der Waals surface area contributed by atoms with Crippen LogP contribution in [0.5, 0.6) is 0 Å². The molecule has 0 bridgehead atoms. The Labute approximate surface area is 118 Å². The van der Waals surface area contributed by atoms with Gasteiger partial charge in [0.2, 0.25) is 5.91 Å². The van der Waals surface area contributed by atoms with E-state index in [1.54, 1.807) is 30.3 Å². The normalized spacial score (nSPS) is 14.9. The number of rotatable bonds is 2. The number of para-hydroxylation sites is 1. The van der Waals surface area contributed by atoms with Gasteiger partial charge in [0, 0.05) is 9.92 Å². The predicted molar refractivity (Wildman–Crippen MR) is 74.9 cm³/mol. The summed E-state index contributed by atoms with van der Waals surface area (Å²) in [6, 6.07) is 12.3. The average Bonchev–Trinajstić information content (AvgIpc) is 2.78. The molecule has 2 aromatic carbocycles. The van der Waals surface area contributed by atoms with Gasteiger partial charge in [0.05, 0.1) is 27.8 Å². The summed E-state index contributed by atoms with van der Waals surface area (Å²) in [6.07, 6.45) is 0.348. The van der Waals surface area contributed by atoms with Gasteiger partial charge in [-0.2, -0.15) is 0 Å². The van der Waals surface area contributed by atoms with Crippen molar-refractivity contribution in [2.45, 2.75) is 16.2 Å². The Morgan fingerprint density at radius 1 is 1.11 bits per heavy atom. The quantitative estimate of drug-likeness (QED) is 0.924. The molecule has 1 aliphatic rings. The number of benzene rings is 2. The largest absolute Gasteiger partial charge is 0.324 e. The highest BCUT2D eigenvalue weighted by molar-refractivity contribution is 7.85. The fourth-order valence-corrected chi connectivity index (χ4v) is 3.39. The molecule has 0 saturated carbocycles. The second-order valence-electron chi connectivity index (χ2n) is 4.24. The number of carbonyl (C=O) groups is 1. The SMILES string of the molecule is O=C1Cc2cccc(S(=O)c3ccc(Cl)cc3)c2N1. The van der Waals surface area contributed by atoms with Gasteiger partial charge in [-0.25, -0.2) is 4.21 Å². The summed E-state index contributed by atoms with van der Waals surface area (Å²) in [7, 11) is -1.33. The zero-order valence-electron chi connectivity index (χ0n) is 9.85. The number of fused-ring (bicyclic) bond motifs is 1. The minimum atomic E-state index is -1.33. The van der Waals surface area contributed by atoms with Crippen LogP contribution in [0.4, 0.5) is 5.69 Å². The first kappa shape index (κ1) is 12.4. The van der Waals surface area contributed by atoms with Crippen LogP contribution in [0.25, 0.3) is 0 Å². The number of nitrogens with one attached hydrogen (secondary N) is 1. The maximum atomic E-state index is 12.5. The zero-order chi connectivity index (χ0) is 13.4. The second-order valence-corrected chi connectivity index (χ2v) is 6.12. The van der Waals surface area contributed by atoms with Gasteiger partial charge in [-0.15, -0.1) is 0 Å². The lowest BCUT2D eigenvalue weighted by molar-refractivity contribution is -0.115. The molecule has 0 aliphatic carbocycles. The number of halogens is 1. The fourth-order valence-electron chi connectivity index (χ4n) is 2.06. The van der Waals surface area contributed by atoms with E-state index in [1.165, 1.54) is 0 Å². The van der Waals surface area contributed by atoms with Crippen LogP contribution in [0, 0.1) is 0 Å². The van der Waals surface area contributed by atoms with E-state index in [9.17, 15) is 9.00 Å². The molecule has 1 atom stereocenters. The highest BCUT2D eigenvalue weighted by Crippen LogP contribution is 2.32. The van der Waals surface area contributed by atoms with Gasteiger partial charge in [0.25, 0.3) is 0 Å². The van der Waals surface area contributed by atoms with Gasteiger partial charge >= 0.3 is 0 Å². The molecule has 0 radical (unpaired) electrons. The Balaban J connectivity index is 2.04. The molecule has 3 nitrogen and oxygen atoms in total. The first-order valence-electron chi connectivity index (χ1n) is 5.74. The number of anilines is 1. The molecule has 1 amide bonds. The Hall–Kier alpha value is -1.65. The van der Waals surface area contributed by atoms with Crippen LogP contribution in [0.2, 0.25) is 5.02 Å². The third kappa shape index (κ3) is 2.29. The van der Waals surface area contributed by atoms with E-state index < -0.39 is 10.8 Å². The van der Waals surface area contributed by atoms with E-state index in [4.69, 9.17) is 11.6 Å². The van der Waals surface area contributed by atoms with Gasteiger partial charge in [0.1, 0.15) is 0 Å². The second kappa shape index (κ2) is 4.79. The molecule has 1 aliphatic heterocycles. The Bertz CT molecular complexity index is 682. The number of hydrogen-bond acceptors (Lipinski definition) is 2. The van der Waals surface area contributed by atoms with Gasteiger partial charge in [-0.05, 0) is 35.9 Å². The van der Waals surface area contributed by atoms with Crippen LogP contribution >= 0.6 is 11.6 Å². The lowest BCUT2D eigenvalue weighted by Crippen LogP contribution is -2.05. The molecule has 1 heterocycles. The van der Waals surface area contributed by atoms with Crippen molar-refractivity contribution in [2.24, 2.45) is 0 Å². The van der Waals surface area contributed by atoms with Crippen LogP contribution in [-0.2, 0) is 22.0 Å². The van der Waals surface area contributed by atoms with Crippen molar-refractivity contribution in [2.75, 3.05) is 5.32 Å². The smallest absolute Gasteiger partial charge is 0.228 e. The molecule has 0 fully saturated rings. The lowest BCUT2D eigenvalue weighted by Gasteiger charge is -2.08. The highest BCUT2D eigenvalue weighted by Gasteiger charge is 2.23. The molecule has 0 spiro atoms. The van der Waals surface area contributed by atoms with E-state index in [-0.39, 0.29) is 5.91 Å². The van der Waals surface area contributed by atoms with Crippen LogP contribution < -0.4 is 5.32 Å². The van der Waals surface area contributed by atoms with Crippen LogP contribution in [-0.4, -0.2) is 10.1 Å². The van der Waals surface area contributed by atoms with Crippen molar-refractivity contribution in [3.05, 3.63) is 53.1 Å². The minimum absolute atomic E-state index is 0.0597. The molecule has 2 aromatic rings. The molecule has 1 unspecified atom stereocenters. The third-order valence-electron chi connectivity index (χ3n) is 2.96. The number of hydrogen-bond donors (Lipinski definition) is 1. The van der Waals surface area contributed by atoms with Crippen molar-refractivity contribution in [1.82, 2.24) is 0 Å². The van der Waals surface area contributed by atoms with E-state index in [0.717, 1.165) is 5.56 Å². The van der Waals surface area contributed by atoms with Gasteiger partial charge in [-0.3, -0.25) is 4.79 Å². The summed E-state index contributed by atoms with van der Waals surface area (Å²) < 4.78 is 12.5. The van der Waals surface area contributed by atoms with Crippen molar-refractivity contribution < 1.29 is 9.00 Å². The highest BCUT2D eigenvalue weighted by atomic mass is 35.5. The molecule has 96 valence electrons. The minimum Gasteiger partial charge on any atom is -0.324 e. The summed E-state index contributed by atoms with van der Waals surface area (Å²) in [5.41, 5.74) is 1.57. The maximum Gasteiger partial charge on any atom is 0.228 e. The zero-order valence-corrected chi connectivity index (χ0v) is 11.4. The molecule has 5 heteroatoms. The van der Waals surface area contributed by atoms with E-state index in [0.29, 0.717) is 26.9 Å². The Kier molecular flexibility index (Phi) is 3.12. The molecule has 19 heavy (non-hydrogen) atoms. The summed E-state index contributed by atoms with van der Waals surface area (Å²) in [4.78, 5) is 12.7. The lowest BCUT2D eigenvalue weighted by atomic mass is 10.2. The molecule has 3 rings (SSSR count). The van der Waals surface area contributed by atoms with Crippen LogP contribution in [0.1, 0.15) is 5.56 Å². The van der Waals surface area contributed by atoms with Crippen molar-refractivity contribution in [3.63, 3.8) is 0 Å². The number of amides is 1. The Morgan fingerprint density at radius 2 is 1.84 bits per heavy atom. The predicted octanol–water partition coefficient (Wildman–Crippen LogP) is 3.00. The monoisotopic (exact) mass is 291 g/mol. The van der Waals surface area contributed by atoms with E-state index in [1.807, 2.05) is 12.1 Å². The van der Waals surface area contributed by atoms with E-state index in [2.05, 4.69) is 5.32 Å². The summed E-state index contributed by atoms with van der Waals surface area (Å²) >= 11 is 5.82. The number of carbonyl (C=O) groups excluding carboxylic acids is 1. The van der Waals surface area contributed by atoms with Crippen LogP contribution in [0.3, 0.4) is 0 Å². The first-order chi connectivity index (χ1) is 9.15. The molecule has 0 saturated heterocycles. The van der Waals surface area contributed by atoms with Gasteiger partial charge < -0.3 is 5.32 Å². The van der Waals surface area contributed by atoms with Gasteiger partial charge in [0.15, 0.2) is 0 Å². The molecule has 1 N–H and O–H groups in total. The average molecular weight is 292 g/mol. The van der Waals surface area contributed by atoms with Crippen molar-refractivity contribution in [1.29, 1.82) is 0 Å². The standard InChI is InChI=1S/C14H10ClNO2S/c15-10-4-6-11(7-5-10)19(18)12-3-1-2-9-8-13(17)16-14(9)12/h1-7H,8H2,(H,16,17). The molecule has 0 aromatic heterocycles. The topological polar surface area (TPSA) is 46.2 Å². The van der Waals surface area contributed by atoms with Crippen molar-refractivity contribution >= 4 is 34.0 Å². The first-order valence-corrected chi connectivity index (χ1v) is 7.27. The molecular weight excluding hydrogens is 282 g/mol. The fraction of sp³-hybridized carbons (Fsp3) is 0.0714. The Morgan fingerprint density at radius 3 is 2.58 bits per heavy atom.